The monoisotopic (exact) mass is 513 g/mol. The van der Waals surface area contributed by atoms with E-state index >= 15 is 0 Å². The van der Waals surface area contributed by atoms with Gasteiger partial charge in [-0.3, -0.25) is 9.59 Å². The van der Waals surface area contributed by atoms with Crippen molar-refractivity contribution >= 4 is 21.8 Å². The summed E-state index contributed by atoms with van der Waals surface area (Å²) in [4.78, 5) is 28.3. The highest BCUT2D eigenvalue weighted by atomic mass is 32.2. The molecule has 0 heterocycles. The molecule has 7 nitrogen and oxygen atoms in total. The van der Waals surface area contributed by atoms with E-state index in [1.165, 1.54) is 17.8 Å². The Morgan fingerprint density at radius 3 is 2.28 bits per heavy atom. The standard InChI is InChI=1S/C28H39N3O4S/c1-22-16-18-24(19-17-22)21-31(23(2)28(33)29-25-11-6-4-7-12-25)27(32)15-10-20-30(3)36(34,35)26-13-8-5-9-14-26/h5,8-9,13-14,16-19,23,25H,4,6-7,10-12,15,20-21H2,1-3H3,(H,29,33)/t23-/m0/s1. The lowest BCUT2D eigenvalue weighted by molar-refractivity contribution is -0.141. The van der Waals surface area contributed by atoms with Gasteiger partial charge in [0.25, 0.3) is 0 Å². The zero-order valence-corrected chi connectivity index (χ0v) is 22.5. The zero-order valence-electron chi connectivity index (χ0n) is 21.7. The number of sulfonamides is 1. The number of carbonyl (C=O) groups excluding carboxylic acids is 2. The summed E-state index contributed by atoms with van der Waals surface area (Å²) in [6, 6.07) is 15.8. The second-order valence-electron chi connectivity index (χ2n) is 9.77. The molecule has 1 N–H and O–H groups in total. The normalized spacial score (nSPS) is 15.4. The van der Waals surface area contributed by atoms with Gasteiger partial charge < -0.3 is 10.2 Å². The number of nitrogens with zero attached hydrogens (tertiary/aromatic N) is 2. The molecule has 2 aromatic carbocycles. The fourth-order valence-corrected chi connectivity index (χ4v) is 5.76. The molecule has 1 saturated carbocycles. The molecule has 0 spiro atoms. The lowest BCUT2D eigenvalue weighted by Gasteiger charge is -2.31. The molecular weight excluding hydrogens is 474 g/mol. The van der Waals surface area contributed by atoms with Crippen LogP contribution in [0.1, 0.15) is 63.0 Å². The van der Waals surface area contributed by atoms with Gasteiger partial charge in [0.2, 0.25) is 21.8 Å². The highest BCUT2D eigenvalue weighted by Gasteiger charge is 2.28. The third-order valence-corrected chi connectivity index (χ3v) is 8.78. The van der Waals surface area contributed by atoms with Gasteiger partial charge in [-0.15, -0.1) is 0 Å². The van der Waals surface area contributed by atoms with Crippen LogP contribution in [0.2, 0.25) is 0 Å². The lowest BCUT2D eigenvalue weighted by atomic mass is 9.95. The Labute approximate surface area is 215 Å². The highest BCUT2D eigenvalue weighted by molar-refractivity contribution is 7.89. The van der Waals surface area contributed by atoms with E-state index in [4.69, 9.17) is 0 Å². The van der Waals surface area contributed by atoms with Crippen LogP contribution in [0.4, 0.5) is 0 Å². The van der Waals surface area contributed by atoms with Crippen molar-refractivity contribution in [1.82, 2.24) is 14.5 Å². The van der Waals surface area contributed by atoms with Crippen LogP contribution in [0.25, 0.3) is 0 Å². The molecule has 1 fully saturated rings. The Morgan fingerprint density at radius 2 is 1.64 bits per heavy atom. The van der Waals surface area contributed by atoms with Crippen molar-refractivity contribution in [2.24, 2.45) is 0 Å². The molecule has 3 rings (SSSR count). The van der Waals surface area contributed by atoms with Gasteiger partial charge in [-0.2, -0.15) is 0 Å². The number of nitrogens with one attached hydrogen (secondary N) is 1. The van der Waals surface area contributed by atoms with Crippen molar-refractivity contribution < 1.29 is 18.0 Å². The van der Waals surface area contributed by atoms with E-state index in [1.807, 2.05) is 31.2 Å². The van der Waals surface area contributed by atoms with Crippen LogP contribution in [0.5, 0.6) is 0 Å². The Bertz CT molecular complexity index is 1100. The van der Waals surface area contributed by atoms with E-state index in [0.29, 0.717) is 13.0 Å². The van der Waals surface area contributed by atoms with E-state index in [9.17, 15) is 18.0 Å². The number of benzene rings is 2. The van der Waals surface area contributed by atoms with E-state index in [1.54, 1.807) is 42.2 Å². The molecule has 1 atom stereocenters. The van der Waals surface area contributed by atoms with Gasteiger partial charge in [-0.05, 0) is 50.8 Å². The van der Waals surface area contributed by atoms with Crippen molar-refractivity contribution in [3.63, 3.8) is 0 Å². The summed E-state index contributed by atoms with van der Waals surface area (Å²) < 4.78 is 26.8. The molecule has 0 aromatic heterocycles. The molecule has 0 saturated heterocycles. The molecule has 196 valence electrons. The Kier molecular flexibility index (Phi) is 10.1. The minimum atomic E-state index is -3.61. The van der Waals surface area contributed by atoms with Gasteiger partial charge in [0.1, 0.15) is 6.04 Å². The molecule has 0 unspecified atom stereocenters. The number of rotatable bonds is 11. The summed E-state index contributed by atoms with van der Waals surface area (Å²) in [6.07, 6.45) is 5.91. The van der Waals surface area contributed by atoms with E-state index < -0.39 is 16.1 Å². The maximum atomic E-state index is 13.3. The lowest BCUT2D eigenvalue weighted by Crippen LogP contribution is -2.50. The quantitative estimate of drug-likeness (QED) is 0.486. The van der Waals surface area contributed by atoms with Crippen molar-refractivity contribution in [3.05, 3.63) is 65.7 Å². The summed E-state index contributed by atoms with van der Waals surface area (Å²) in [7, 11) is -2.09. The molecule has 0 bridgehead atoms. The Morgan fingerprint density at radius 1 is 1.00 bits per heavy atom. The van der Waals surface area contributed by atoms with E-state index in [0.717, 1.165) is 36.8 Å². The molecule has 36 heavy (non-hydrogen) atoms. The Hall–Kier alpha value is -2.71. The molecule has 0 radical (unpaired) electrons. The molecule has 2 amide bonds. The van der Waals surface area contributed by atoms with Crippen LogP contribution in [0.15, 0.2) is 59.5 Å². The smallest absolute Gasteiger partial charge is 0.242 e. The second-order valence-corrected chi connectivity index (χ2v) is 11.8. The second kappa shape index (κ2) is 13.0. The first-order chi connectivity index (χ1) is 17.2. The summed E-state index contributed by atoms with van der Waals surface area (Å²) >= 11 is 0. The number of hydrogen-bond acceptors (Lipinski definition) is 4. The number of aryl methyl sites for hydroxylation is 1. The fourth-order valence-electron chi connectivity index (χ4n) is 4.53. The summed E-state index contributed by atoms with van der Waals surface area (Å²) in [6.45, 7) is 4.32. The van der Waals surface area contributed by atoms with Crippen LogP contribution >= 0.6 is 0 Å². The molecule has 1 aliphatic carbocycles. The summed E-state index contributed by atoms with van der Waals surface area (Å²) in [5.41, 5.74) is 2.08. The van der Waals surface area contributed by atoms with E-state index in [-0.39, 0.29) is 35.7 Å². The first-order valence-corrected chi connectivity index (χ1v) is 14.3. The first kappa shape index (κ1) is 27.9. The molecule has 8 heteroatoms. The Balaban J connectivity index is 1.64. The van der Waals surface area contributed by atoms with Gasteiger partial charge in [-0.1, -0.05) is 67.3 Å². The van der Waals surface area contributed by atoms with Crippen molar-refractivity contribution in [2.45, 2.75) is 82.3 Å². The average Bonchev–Trinajstić information content (AvgIpc) is 2.88. The van der Waals surface area contributed by atoms with Crippen molar-refractivity contribution in [3.8, 4) is 0 Å². The maximum absolute atomic E-state index is 13.3. The fraction of sp³-hybridized carbons (Fsp3) is 0.500. The SMILES string of the molecule is Cc1ccc(CN(C(=O)CCCN(C)S(=O)(=O)c2ccccc2)[C@@H](C)C(=O)NC2CCCCC2)cc1. The highest BCUT2D eigenvalue weighted by Crippen LogP contribution is 2.19. The van der Waals surface area contributed by atoms with Crippen molar-refractivity contribution in [1.29, 1.82) is 0 Å². The molecule has 2 aromatic rings. The minimum Gasteiger partial charge on any atom is -0.352 e. The van der Waals surface area contributed by atoms with Crippen molar-refractivity contribution in [2.75, 3.05) is 13.6 Å². The van der Waals surface area contributed by atoms with Crippen LogP contribution in [-0.4, -0.2) is 55.1 Å². The third kappa shape index (κ3) is 7.64. The third-order valence-electron chi connectivity index (χ3n) is 6.91. The molecule has 1 aliphatic rings. The predicted molar refractivity (Wildman–Crippen MR) is 142 cm³/mol. The minimum absolute atomic E-state index is 0.133. The van der Waals surface area contributed by atoms with Gasteiger partial charge in [-0.25, -0.2) is 12.7 Å². The topological polar surface area (TPSA) is 86.8 Å². The largest absolute Gasteiger partial charge is 0.352 e. The number of hydrogen-bond donors (Lipinski definition) is 1. The number of amides is 2. The van der Waals surface area contributed by atoms with Crippen LogP contribution in [0, 0.1) is 6.92 Å². The van der Waals surface area contributed by atoms with Crippen LogP contribution < -0.4 is 5.32 Å². The van der Waals surface area contributed by atoms with Gasteiger partial charge in [0.05, 0.1) is 4.90 Å². The van der Waals surface area contributed by atoms with Crippen LogP contribution in [0.3, 0.4) is 0 Å². The predicted octanol–water partition coefficient (Wildman–Crippen LogP) is 4.26. The van der Waals surface area contributed by atoms with Gasteiger partial charge in [0, 0.05) is 32.6 Å². The zero-order chi connectivity index (χ0) is 26.1. The van der Waals surface area contributed by atoms with Gasteiger partial charge >= 0.3 is 0 Å². The number of carbonyl (C=O) groups is 2. The first-order valence-electron chi connectivity index (χ1n) is 12.9. The van der Waals surface area contributed by atoms with E-state index in [2.05, 4.69) is 5.32 Å². The molecular formula is C28H39N3O4S. The summed E-state index contributed by atoms with van der Waals surface area (Å²) in [5.74, 6) is -0.293. The summed E-state index contributed by atoms with van der Waals surface area (Å²) in [5, 5.41) is 3.14. The maximum Gasteiger partial charge on any atom is 0.242 e. The van der Waals surface area contributed by atoms with Crippen LogP contribution in [-0.2, 0) is 26.2 Å². The van der Waals surface area contributed by atoms with Gasteiger partial charge in [0.15, 0.2) is 0 Å². The molecule has 0 aliphatic heterocycles. The average molecular weight is 514 g/mol.